The first-order valence-corrected chi connectivity index (χ1v) is 9.56. The summed E-state index contributed by atoms with van der Waals surface area (Å²) < 4.78 is 1.78. The standard InChI is InChI=1S/C20H27N7/c1-20(10-6-7-11-20)26-17-15-12-23-27(2)18(15)25-19(24-17)22-13-16(21)14-8-4-3-5-9-14/h3-5,8-9,12,16H,6-7,10-11,13,21H2,1-2H3,(H2,22,24,25,26)/t16-/m0/s1. The average molecular weight is 365 g/mol. The number of nitrogens with two attached hydrogens (primary N) is 1. The van der Waals surface area contributed by atoms with E-state index in [0.717, 1.165) is 35.3 Å². The molecule has 2 aromatic heterocycles. The van der Waals surface area contributed by atoms with Gasteiger partial charge in [0.05, 0.1) is 11.6 Å². The first-order valence-electron chi connectivity index (χ1n) is 9.56. The van der Waals surface area contributed by atoms with Gasteiger partial charge >= 0.3 is 0 Å². The molecule has 1 saturated carbocycles. The summed E-state index contributed by atoms with van der Waals surface area (Å²) in [6.07, 6.45) is 6.64. The van der Waals surface area contributed by atoms with Gasteiger partial charge in [-0.2, -0.15) is 15.1 Å². The Hall–Kier alpha value is -2.67. The second-order valence-electron chi connectivity index (χ2n) is 7.69. The van der Waals surface area contributed by atoms with Crippen LogP contribution in [0.5, 0.6) is 0 Å². The fourth-order valence-electron chi connectivity index (χ4n) is 3.78. The molecule has 3 aromatic rings. The summed E-state index contributed by atoms with van der Waals surface area (Å²) >= 11 is 0. The van der Waals surface area contributed by atoms with Crippen LogP contribution in [0.3, 0.4) is 0 Å². The minimum atomic E-state index is -0.124. The number of rotatable bonds is 6. The molecule has 1 aliphatic rings. The summed E-state index contributed by atoms with van der Waals surface area (Å²) in [6.45, 7) is 2.83. The second kappa shape index (κ2) is 7.15. The summed E-state index contributed by atoms with van der Waals surface area (Å²) in [5.41, 5.74) is 8.28. The lowest BCUT2D eigenvalue weighted by Gasteiger charge is -2.26. The van der Waals surface area contributed by atoms with Crippen LogP contribution in [-0.4, -0.2) is 31.8 Å². The Labute approximate surface area is 159 Å². The molecule has 1 aliphatic carbocycles. The number of anilines is 2. The normalized spacial score (nSPS) is 17.1. The third-order valence-electron chi connectivity index (χ3n) is 5.43. The molecular formula is C20H27N7. The van der Waals surface area contributed by atoms with Crippen LogP contribution in [0.15, 0.2) is 36.5 Å². The molecular weight excluding hydrogens is 338 g/mol. The van der Waals surface area contributed by atoms with Gasteiger partial charge in [0.15, 0.2) is 5.65 Å². The number of benzene rings is 1. The van der Waals surface area contributed by atoms with E-state index in [1.807, 2.05) is 43.6 Å². The highest BCUT2D eigenvalue weighted by Crippen LogP contribution is 2.34. The van der Waals surface area contributed by atoms with Gasteiger partial charge in [0.25, 0.3) is 0 Å². The first-order chi connectivity index (χ1) is 13.0. The van der Waals surface area contributed by atoms with Gasteiger partial charge in [0.1, 0.15) is 5.82 Å². The lowest BCUT2D eigenvalue weighted by atomic mass is 10.0. The van der Waals surface area contributed by atoms with Gasteiger partial charge in [-0.05, 0) is 25.3 Å². The SMILES string of the molecule is Cn1ncc2c(NC3(C)CCCC3)nc(NC[C@H](N)c3ccccc3)nc21. The quantitative estimate of drug-likeness (QED) is 0.621. The van der Waals surface area contributed by atoms with Crippen molar-refractivity contribution >= 4 is 22.8 Å². The van der Waals surface area contributed by atoms with Crippen LogP contribution in [0.4, 0.5) is 11.8 Å². The molecule has 27 heavy (non-hydrogen) atoms. The number of fused-ring (bicyclic) bond motifs is 1. The highest BCUT2D eigenvalue weighted by molar-refractivity contribution is 5.87. The molecule has 142 valence electrons. The minimum absolute atomic E-state index is 0.0782. The molecule has 0 radical (unpaired) electrons. The van der Waals surface area contributed by atoms with Gasteiger partial charge in [-0.15, -0.1) is 0 Å². The van der Waals surface area contributed by atoms with E-state index in [9.17, 15) is 0 Å². The summed E-state index contributed by atoms with van der Waals surface area (Å²) in [7, 11) is 1.90. The topological polar surface area (TPSA) is 93.7 Å². The smallest absolute Gasteiger partial charge is 0.226 e. The molecule has 4 rings (SSSR count). The molecule has 2 heterocycles. The zero-order chi connectivity index (χ0) is 18.9. The zero-order valence-corrected chi connectivity index (χ0v) is 15.9. The van der Waals surface area contributed by atoms with Gasteiger partial charge in [-0.3, -0.25) is 4.68 Å². The number of hydrogen-bond donors (Lipinski definition) is 3. The summed E-state index contributed by atoms with van der Waals surface area (Å²) in [5, 5.41) is 12.3. The van der Waals surface area contributed by atoms with E-state index < -0.39 is 0 Å². The molecule has 1 fully saturated rings. The Morgan fingerprint density at radius 3 is 2.67 bits per heavy atom. The monoisotopic (exact) mass is 365 g/mol. The van der Waals surface area contributed by atoms with Crippen molar-refractivity contribution < 1.29 is 0 Å². The molecule has 0 spiro atoms. The van der Waals surface area contributed by atoms with E-state index in [4.69, 9.17) is 10.7 Å². The molecule has 0 amide bonds. The van der Waals surface area contributed by atoms with Gasteiger partial charge in [0.2, 0.25) is 5.95 Å². The van der Waals surface area contributed by atoms with E-state index in [-0.39, 0.29) is 11.6 Å². The molecule has 1 aromatic carbocycles. The molecule has 1 atom stereocenters. The van der Waals surface area contributed by atoms with Crippen LogP contribution in [0.25, 0.3) is 11.0 Å². The molecule has 0 unspecified atom stereocenters. The maximum Gasteiger partial charge on any atom is 0.226 e. The van der Waals surface area contributed by atoms with Gasteiger partial charge in [-0.1, -0.05) is 43.2 Å². The Morgan fingerprint density at radius 2 is 1.93 bits per heavy atom. The maximum atomic E-state index is 6.31. The Morgan fingerprint density at radius 1 is 1.19 bits per heavy atom. The molecule has 7 nitrogen and oxygen atoms in total. The van der Waals surface area contributed by atoms with Crippen LogP contribution in [0.2, 0.25) is 0 Å². The average Bonchev–Trinajstić information content (AvgIpc) is 3.27. The highest BCUT2D eigenvalue weighted by atomic mass is 15.3. The third kappa shape index (κ3) is 3.73. The highest BCUT2D eigenvalue weighted by Gasteiger charge is 2.29. The minimum Gasteiger partial charge on any atom is -0.364 e. The molecule has 4 N–H and O–H groups in total. The molecule has 0 aliphatic heterocycles. The number of hydrogen-bond acceptors (Lipinski definition) is 6. The number of nitrogens with one attached hydrogen (secondary N) is 2. The van der Waals surface area contributed by atoms with E-state index in [0.29, 0.717) is 12.5 Å². The van der Waals surface area contributed by atoms with Crippen molar-refractivity contribution in [2.24, 2.45) is 12.8 Å². The predicted molar refractivity (Wildman–Crippen MR) is 109 cm³/mol. The lowest BCUT2D eigenvalue weighted by Crippen LogP contribution is -2.31. The number of nitrogens with zero attached hydrogens (tertiary/aromatic N) is 4. The summed E-state index contributed by atoms with van der Waals surface area (Å²) in [6, 6.07) is 9.93. The number of aryl methyl sites for hydroxylation is 1. The predicted octanol–water partition coefficient (Wildman–Crippen LogP) is 3.22. The number of aromatic nitrogens is 4. The van der Waals surface area contributed by atoms with Crippen LogP contribution < -0.4 is 16.4 Å². The van der Waals surface area contributed by atoms with Crippen molar-refractivity contribution in [1.82, 2.24) is 19.7 Å². The summed E-state index contributed by atoms with van der Waals surface area (Å²) in [4.78, 5) is 9.39. The van der Waals surface area contributed by atoms with Crippen molar-refractivity contribution in [1.29, 1.82) is 0 Å². The van der Waals surface area contributed by atoms with E-state index in [1.54, 1.807) is 4.68 Å². The van der Waals surface area contributed by atoms with E-state index >= 15 is 0 Å². The van der Waals surface area contributed by atoms with Crippen LogP contribution >= 0.6 is 0 Å². The van der Waals surface area contributed by atoms with E-state index in [2.05, 4.69) is 27.6 Å². The van der Waals surface area contributed by atoms with Crippen molar-refractivity contribution in [3.05, 3.63) is 42.1 Å². The fourth-order valence-corrected chi connectivity index (χ4v) is 3.78. The largest absolute Gasteiger partial charge is 0.364 e. The Bertz CT molecular complexity index is 913. The lowest BCUT2D eigenvalue weighted by molar-refractivity contribution is 0.531. The Kier molecular flexibility index (Phi) is 4.70. The van der Waals surface area contributed by atoms with Crippen LogP contribution in [-0.2, 0) is 7.05 Å². The Balaban J connectivity index is 1.58. The van der Waals surface area contributed by atoms with Crippen molar-refractivity contribution in [2.45, 2.75) is 44.2 Å². The maximum absolute atomic E-state index is 6.31. The first kappa shape index (κ1) is 17.7. The van der Waals surface area contributed by atoms with Crippen LogP contribution in [0.1, 0.15) is 44.2 Å². The van der Waals surface area contributed by atoms with Crippen molar-refractivity contribution in [2.75, 3.05) is 17.2 Å². The second-order valence-corrected chi connectivity index (χ2v) is 7.69. The summed E-state index contributed by atoms with van der Waals surface area (Å²) in [5.74, 6) is 1.41. The van der Waals surface area contributed by atoms with Gasteiger partial charge < -0.3 is 16.4 Å². The van der Waals surface area contributed by atoms with Gasteiger partial charge in [0, 0.05) is 25.2 Å². The van der Waals surface area contributed by atoms with Crippen molar-refractivity contribution in [3.8, 4) is 0 Å². The van der Waals surface area contributed by atoms with E-state index in [1.165, 1.54) is 12.8 Å². The zero-order valence-electron chi connectivity index (χ0n) is 15.9. The molecule has 0 saturated heterocycles. The third-order valence-corrected chi connectivity index (χ3v) is 5.43. The van der Waals surface area contributed by atoms with Gasteiger partial charge in [-0.25, -0.2) is 0 Å². The molecule has 7 heteroatoms. The fraction of sp³-hybridized carbons (Fsp3) is 0.450. The van der Waals surface area contributed by atoms with Crippen molar-refractivity contribution in [3.63, 3.8) is 0 Å². The van der Waals surface area contributed by atoms with Crippen LogP contribution in [0, 0.1) is 0 Å². The molecule has 0 bridgehead atoms.